The highest BCUT2D eigenvalue weighted by molar-refractivity contribution is 7.22. The lowest BCUT2D eigenvalue weighted by atomic mass is 10.1. The summed E-state index contributed by atoms with van der Waals surface area (Å²) in [4.78, 5) is 22.6. The number of benzene rings is 1. The van der Waals surface area contributed by atoms with Crippen molar-refractivity contribution in [3.63, 3.8) is 0 Å². The molecule has 4 rings (SSSR count). The van der Waals surface area contributed by atoms with Crippen molar-refractivity contribution >= 4 is 55.5 Å². The maximum Gasteiger partial charge on any atom is 0.227 e. The van der Waals surface area contributed by atoms with E-state index in [2.05, 4.69) is 30.9 Å². The van der Waals surface area contributed by atoms with E-state index in [1.54, 1.807) is 11.3 Å². The Morgan fingerprint density at radius 3 is 2.62 bits per heavy atom. The van der Waals surface area contributed by atoms with Crippen molar-refractivity contribution in [2.75, 3.05) is 31.1 Å². The van der Waals surface area contributed by atoms with Crippen molar-refractivity contribution in [3.05, 3.63) is 44.6 Å². The number of aryl methyl sites for hydroxylation is 2. The maximum atomic E-state index is 12.5. The van der Waals surface area contributed by atoms with Crippen LogP contribution in [-0.2, 0) is 11.2 Å². The molecule has 3 heterocycles. The summed E-state index contributed by atoms with van der Waals surface area (Å²) in [6.07, 6.45) is 0.441. The minimum absolute atomic E-state index is 0.180. The number of piperazine rings is 1. The molecule has 3 aromatic rings. The van der Waals surface area contributed by atoms with Crippen molar-refractivity contribution < 1.29 is 4.79 Å². The molecular formula is C19H20ClN3OS2. The van der Waals surface area contributed by atoms with Gasteiger partial charge in [0.15, 0.2) is 5.13 Å². The van der Waals surface area contributed by atoms with Crippen LogP contribution in [0.4, 0.5) is 5.13 Å². The van der Waals surface area contributed by atoms with Gasteiger partial charge in [0.1, 0.15) is 0 Å². The smallest absolute Gasteiger partial charge is 0.227 e. The molecule has 0 aliphatic carbocycles. The first-order chi connectivity index (χ1) is 12.5. The van der Waals surface area contributed by atoms with Crippen LogP contribution < -0.4 is 4.90 Å². The number of hydrogen-bond acceptors (Lipinski definition) is 5. The lowest BCUT2D eigenvalue weighted by Crippen LogP contribution is -2.49. The Labute approximate surface area is 166 Å². The summed E-state index contributed by atoms with van der Waals surface area (Å²) in [5.74, 6) is 0.180. The van der Waals surface area contributed by atoms with Gasteiger partial charge in [0.05, 0.1) is 21.0 Å². The van der Waals surface area contributed by atoms with Crippen molar-refractivity contribution in [2.24, 2.45) is 0 Å². The summed E-state index contributed by atoms with van der Waals surface area (Å²) in [6, 6.07) is 8.14. The molecule has 1 aliphatic heterocycles. The minimum Gasteiger partial charge on any atom is -0.345 e. The largest absolute Gasteiger partial charge is 0.345 e. The van der Waals surface area contributed by atoms with E-state index in [0.29, 0.717) is 6.42 Å². The zero-order chi connectivity index (χ0) is 18.3. The van der Waals surface area contributed by atoms with Gasteiger partial charge in [-0.25, -0.2) is 4.98 Å². The maximum absolute atomic E-state index is 12.5. The van der Waals surface area contributed by atoms with Crippen molar-refractivity contribution in [1.29, 1.82) is 0 Å². The molecule has 2 aromatic heterocycles. The van der Waals surface area contributed by atoms with E-state index < -0.39 is 0 Å². The van der Waals surface area contributed by atoms with Gasteiger partial charge >= 0.3 is 0 Å². The monoisotopic (exact) mass is 405 g/mol. The Morgan fingerprint density at radius 1 is 1.15 bits per heavy atom. The lowest BCUT2D eigenvalue weighted by molar-refractivity contribution is -0.130. The van der Waals surface area contributed by atoms with Crippen LogP contribution in [0.15, 0.2) is 24.3 Å². The van der Waals surface area contributed by atoms with Crippen LogP contribution in [0.25, 0.3) is 10.2 Å². The molecule has 1 amide bonds. The highest BCUT2D eigenvalue weighted by atomic mass is 35.5. The Morgan fingerprint density at radius 2 is 1.92 bits per heavy atom. The number of amides is 1. The molecule has 7 heteroatoms. The van der Waals surface area contributed by atoms with E-state index in [0.717, 1.165) is 46.0 Å². The molecular weight excluding hydrogens is 386 g/mol. The third-order valence-corrected chi connectivity index (χ3v) is 7.16. The third kappa shape index (κ3) is 3.59. The molecule has 0 saturated carbocycles. The number of aromatic nitrogens is 1. The summed E-state index contributed by atoms with van der Waals surface area (Å²) in [7, 11) is 0. The highest BCUT2D eigenvalue weighted by Gasteiger charge is 2.23. The Hall–Kier alpha value is -1.63. The normalized spacial score (nSPS) is 15.0. The van der Waals surface area contributed by atoms with E-state index in [9.17, 15) is 4.79 Å². The van der Waals surface area contributed by atoms with E-state index in [-0.39, 0.29) is 5.91 Å². The summed E-state index contributed by atoms with van der Waals surface area (Å²) in [6.45, 7) is 7.39. The van der Waals surface area contributed by atoms with Crippen molar-refractivity contribution in [1.82, 2.24) is 9.88 Å². The first-order valence-electron chi connectivity index (χ1n) is 8.64. The number of rotatable bonds is 3. The van der Waals surface area contributed by atoms with Crippen LogP contribution >= 0.6 is 34.3 Å². The molecule has 0 bridgehead atoms. The van der Waals surface area contributed by atoms with Crippen LogP contribution in [-0.4, -0.2) is 42.0 Å². The number of anilines is 1. The molecule has 0 N–H and O–H groups in total. The number of hydrogen-bond donors (Lipinski definition) is 0. The predicted molar refractivity (Wildman–Crippen MR) is 111 cm³/mol. The fourth-order valence-electron chi connectivity index (χ4n) is 3.35. The Balaban J connectivity index is 1.42. The van der Waals surface area contributed by atoms with Gasteiger partial charge < -0.3 is 9.80 Å². The van der Waals surface area contributed by atoms with Crippen molar-refractivity contribution in [2.45, 2.75) is 20.3 Å². The molecule has 0 spiro atoms. The average molecular weight is 406 g/mol. The summed E-state index contributed by atoms with van der Waals surface area (Å²) in [5, 5.41) is 1.06. The summed E-state index contributed by atoms with van der Waals surface area (Å²) in [5.41, 5.74) is 3.61. The molecule has 26 heavy (non-hydrogen) atoms. The number of carbonyl (C=O) groups is 1. The number of thiophene rings is 1. The van der Waals surface area contributed by atoms with E-state index >= 15 is 0 Å². The molecule has 136 valence electrons. The van der Waals surface area contributed by atoms with Gasteiger partial charge in [0.2, 0.25) is 5.91 Å². The van der Waals surface area contributed by atoms with Gasteiger partial charge in [-0.2, -0.15) is 0 Å². The number of nitrogens with zero attached hydrogens (tertiary/aromatic N) is 3. The third-order valence-electron chi connectivity index (χ3n) is 4.67. The minimum atomic E-state index is 0.180. The van der Waals surface area contributed by atoms with Gasteiger partial charge in [-0.3, -0.25) is 4.79 Å². The van der Waals surface area contributed by atoms with Crippen LogP contribution in [0, 0.1) is 13.8 Å². The van der Waals surface area contributed by atoms with E-state index in [1.165, 1.54) is 27.2 Å². The SMILES string of the molecule is Cc1cc(C)c2sc(N3CCN(C(=O)Cc4ccc(Cl)s4)CC3)nc2c1. The molecule has 0 unspecified atom stereocenters. The van der Waals surface area contributed by atoms with Gasteiger partial charge in [-0.05, 0) is 43.2 Å². The number of halogens is 1. The van der Waals surface area contributed by atoms with Crippen LogP contribution in [0.2, 0.25) is 4.34 Å². The summed E-state index contributed by atoms with van der Waals surface area (Å²) < 4.78 is 2.00. The lowest BCUT2D eigenvalue weighted by Gasteiger charge is -2.34. The molecule has 4 nitrogen and oxygen atoms in total. The van der Waals surface area contributed by atoms with Gasteiger partial charge in [0, 0.05) is 31.1 Å². The number of thiazole rings is 1. The zero-order valence-corrected chi connectivity index (χ0v) is 17.2. The van der Waals surface area contributed by atoms with Gasteiger partial charge in [0.25, 0.3) is 0 Å². The molecule has 1 fully saturated rings. The first-order valence-corrected chi connectivity index (χ1v) is 10.7. The van der Waals surface area contributed by atoms with Gasteiger partial charge in [-0.15, -0.1) is 11.3 Å². The summed E-state index contributed by atoms with van der Waals surface area (Å²) >= 11 is 9.19. The molecule has 1 aromatic carbocycles. The second-order valence-corrected chi connectivity index (χ2v) is 9.45. The standard InChI is InChI=1S/C19H20ClN3OS2/c1-12-9-13(2)18-15(10-12)21-19(26-18)23-7-5-22(6-8-23)17(24)11-14-3-4-16(20)25-14/h3-4,9-10H,5-8,11H2,1-2H3. The van der Waals surface area contributed by atoms with E-state index in [1.807, 2.05) is 17.0 Å². The fourth-order valence-corrected chi connectivity index (χ4v) is 5.50. The van der Waals surface area contributed by atoms with Crippen LogP contribution in [0.1, 0.15) is 16.0 Å². The van der Waals surface area contributed by atoms with Crippen LogP contribution in [0.3, 0.4) is 0 Å². The van der Waals surface area contributed by atoms with Crippen molar-refractivity contribution in [3.8, 4) is 0 Å². The van der Waals surface area contributed by atoms with E-state index in [4.69, 9.17) is 16.6 Å². The quantitative estimate of drug-likeness (QED) is 0.642. The number of fused-ring (bicyclic) bond motifs is 1. The zero-order valence-electron chi connectivity index (χ0n) is 14.8. The molecule has 1 aliphatic rings. The number of carbonyl (C=O) groups excluding carboxylic acids is 1. The van der Waals surface area contributed by atoms with Crippen LogP contribution in [0.5, 0.6) is 0 Å². The topological polar surface area (TPSA) is 36.4 Å². The highest BCUT2D eigenvalue weighted by Crippen LogP contribution is 2.32. The average Bonchev–Trinajstić information content (AvgIpc) is 3.21. The molecule has 0 atom stereocenters. The predicted octanol–water partition coefficient (Wildman–Crippen LogP) is 4.52. The Kier molecular flexibility index (Phi) is 4.90. The Bertz CT molecular complexity index is 957. The molecule has 0 radical (unpaired) electrons. The second kappa shape index (κ2) is 7.18. The van der Waals surface area contributed by atoms with Gasteiger partial charge in [-0.1, -0.05) is 29.0 Å². The molecule has 1 saturated heterocycles. The fraction of sp³-hybridized carbons (Fsp3) is 0.368. The first kappa shape index (κ1) is 17.8. The second-order valence-electron chi connectivity index (χ2n) is 6.68.